The van der Waals surface area contributed by atoms with Crippen LogP contribution >= 0.6 is 0 Å². The number of anilines is 1. The van der Waals surface area contributed by atoms with Crippen LogP contribution in [0, 0.1) is 5.82 Å². The van der Waals surface area contributed by atoms with E-state index in [-0.39, 0.29) is 11.7 Å². The number of para-hydroxylation sites is 1. The number of aromatic nitrogens is 2. The lowest BCUT2D eigenvalue weighted by atomic mass is 10.1. The van der Waals surface area contributed by atoms with Crippen LogP contribution in [-0.2, 0) is 13.0 Å². The molecule has 1 N–H and O–H groups in total. The number of halogens is 1. The van der Waals surface area contributed by atoms with E-state index in [1.165, 1.54) is 17.8 Å². The van der Waals surface area contributed by atoms with E-state index in [1.54, 1.807) is 23.0 Å². The van der Waals surface area contributed by atoms with Gasteiger partial charge in [-0.1, -0.05) is 25.1 Å². The number of nitrogens with one attached hydrogen (secondary N) is 1. The lowest BCUT2D eigenvalue weighted by molar-refractivity contribution is 0.0950. The first-order chi connectivity index (χ1) is 15.1. The number of benzene rings is 2. The number of nitrogens with zero attached hydrogens (tertiary/aromatic N) is 4. The highest BCUT2D eigenvalue weighted by Gasteiger charge is 2.19. The Balaban J connectivity index is 1.49. The summed E-state index contributed by atoms with van der Waals surface area (Å²) in [7, 11) is 2.14. The van der Waals surface area contributed by atoms with Crippen molar-refractivity contribution in [3.63, 3.8) is 0 Å². The summed E-state index contributed by atoms with van der Waals surface area (Å²) in [5, 5.41) is 7.44. The van der Waals surface area contributed by atoms with Crippen LogP contribution < -0.4 is 10.2 Å². The molecule has 0 spiro atoms. The van der Waals surface area contributed by atoms with E-state index in [0.717, 1.165) is 43.1 Å². The third-order valence-corrected chi connectivity index (χ3v) is 5.79. The average molecular weight is 422 g/mol. The van der Waals surface area contributed by atoms with E-state index in [0.29, 0.717) is 18.5 Å². The monoisotopic (exact) mass is 421 g/mol. The second-order valence-electron chi connectivity index (χ2n) is 7.85. The van der Waals surface area contributed by atoms with Crippen molar-refractivity contribution in [3.8, 4) is 5.69 Å². The summed E-state index contributed by atoms with van der Waals surface area (Å²) in [4.78, 5) is 17.7. The number of carbonyl (C=O) groups is 1. The molecule has 31 heavy (non-hydrogen) atoms. The van der Waals surface area contributed by atoms with Crippen LogP contribution in [-0.4, -0.2) is 53.8 Å². The summed E-state index contributed by atoms with van der Waals surface area (Å²) >= 11 is 0. The molecular weight excluding hydrogens is 393 g/mol. The highest BCUT2D eigenvalue weighted by Crippen LogP contribution is 2.22. The molecule has 6 nitrogen and oxygen atoms in total. The first-order valence-electron chi connectivity index (χ1n) is 10.7. The van der Waals surface area contributed by atoms with Crippen molar-refractivity contribution in [2.45, 2.75) is 19.9 Å². The van der Waals surface area contributed by atoms with Gasteiger partial charge >= 0.3 is 0 Å². The number of hydrogen-bond acceptors (Lipinski definition) is 4. The fourth-order valence-corrected chi connectivity index (χ4v) is 4.00. The minimum atomic E-state index is -0.300. The molecule has 7 heteroatoms. The zero-order valence-corrected chi connectivity index (χ0v) is 18.0. The highest BCUT2D eigenvalue weighted by molar-refractivity contribution is 5.95. The van der Waals surface area contributed by atoms with Crippen LogP contribution in [0.5, 0.6) is 0 Å². The van der Waals surface area contributed by atoms with Crippen LogP contribution in [0.3, 0.4) is 0 Å². The minimum Gasteiger partial charge on any atom is -0.369 e. The Hall–Kier alpha value is -3.19. The molecule has 0 atom stereocenters. The number of amides is 1. The Morgan fingerprint density at radius 1 is 1.06 bits per heavy atom. The van der Waals surface area contributed by atoms with Gasteiger partial charge in [0.05, 0.1) is 23.1 Å². The maximum absolute atomic E-state index is 13.3. The molecule has 4 rings (SSSR count). The highest BCUT2D eigenvalue weighted by atomic mass is 19.1. The van der Waals surface area contributed by atoms with E-state index in [9.17, 15) is 9.18 Å². The average Bonchev–Trinajstić information content (AvgIpc) is 3.23. The van der Waals surface area contributed by atoms with E-state index < -0.39 is 0 Å². The fraction of sp³-hybridized carbons (Fsp3) is 0.333. The topological polar surface area (TPSA) is 53.4 Å². The van der Waals surface area contributed by atoms with Gasteiger partial charge in [-0.25, -0.2) is 9.07 Å². The molecule has 0 radical (unpaired) electrons. The van der Waals surface area contributed by atoms with Gasteiger partial charge in [0.1, 0.15) is 5.82 Å². The van der Waals surface area contributed by atoms with Crippen molar-refractivity contribution in [3.05, 3.63) is 77.4 Å². The molecule has 1 saturated heterocycles. The summed E-state index contributed by atoms with van der Waals surface area (Å²) in [6.07, 6.45) is 2.22. The SMILES string of the molecule is CCc1c(C(=O)NCc2ccccc2N2CCN(C)CC2)cnn1-c1ccc(F)cc1. The predicted molar refractivity (Wildman–Crippen MR) is 120 cm³/mol. The van der Waals surface area contributed by atoms with Crippen LogP contribution in [0.4, 0.5) is 10.1 Å². The largest absolute Gasteiger partial charge is 0.369 e. The fourth-order valence-electron chi connectivity index (χ4n) is 4.00. The summed E-state index contributed by atoms with van der Waals surface area (Å²) in [5.74, 6) is -0.454. The first kappa shape index (κ1) is 21.1. The molecule has 1 aliphatic rings. The lowest BCUT2D eigenvalue weighted by Crippen LogP contribution is -2.45. The molecule has 0 bridgehead atoms. The molecule has 1 amide bonds. The van der Waals surface area contributed by atoms with Crippen LogP contribution in [0.2, 0.25) is 0 Å². The van der Waals surface area contributed by atoms with Gasteiger partial charge < -0.3 is 15.1 Å². The number of carbonyl (C=O) groups excluding carboxylic acids is 1. The van der Waals surface area contributed by atoms with Gasteiger partial charge in [0, 0.05) is 38.4 Å². The number of hydrogen-bond donors (Lipinski definition) is 1. The van der Waals surface area contributed by atoms with Crippen molar-refractivity contribution < 1.29 is 9.18 Å². The Bertz CT molecular complexity index is 1040. The van der Waals surface area contributed by atoms with Gasteiger partial charge in [0.2, 0.25) is 0 Å². The second-order valence-corrected chi connectivity index (χ2v) is 7.85. The predicted octanol–water partition coefficient (Wildman–Crippen LogP) is 3.26. The van der Waals surface area contributed by atoms with Crippen molar-refractivity contribution in [1.29, 1.82) is 0 Å². The van der Waals surface area contributed by atoms with E-state index in [1.807, 2.05) is 19.1 Å². The number of likely N-dealkylation sites (N-methyl/N-ethyl adjacent to an activating group) is 1. The number of piperazine rings is 1. The quantitative estimate of drug-likeness (QED) is 0.664. The molecule has 1 aliphatic heterocycles. The zero-order chi connectivity index (χ0) is 21.8. The molecule has 2 aromatic carbocycles. The van der Waals surface area contributed by atoms with Gasteiger partial charge in [-0.3, -0.25) is 4.79 Å². The van der Waals surface area contributed by atoms with Crippen molar-refractivity contribution in [2.75, 3.05) is 38.1 Å². The molecule has 3 aromatic rings. The maximum Gasteiger partial charge on any atom is 0.255 e. The molecule has 1 aromatic heterocycles. The molecule has 1 fully saturated rings. The summed E-state index contributed by atoms with van der Waals surface area (Å²) in [6, 6.07) is 14.3. The van der Waals surface area contributed by atoms with E-state index in [2.05, 4.69) is 39.4 Å². The van der Waals surface area contributed by atoms with E-state index >= 15 is 0 Å². The Kier molecular flexibility index (Phi) is 6.32. The third kappa shape index (κ3) is 4.61. The normalized spacial score (nSPS) is 14.6. The van der Waals surface area contributed by atoms with Crippen molar-refractivity contribution >= 4 is 11.6 Å². The smallest absolute Gasteiger partial charge is 0.255 e. The van der Waals surface area contributed by atoms with Gasteiger partial charge in [0.25, 0.3) is 5.91 Å². The van der Waals surface area contributed by atoms with Gasteiger partial charge in [-0.05, 0) is 49.4 Å². The van der Waals surface area contributed by atoms with Crippen LogP contribution in [0.25, 0.3) is 5.69 Å². The number of rotatable bonds is 6. The van der Waals surface area contributed by atoms with Crippen molar-refractivity contribution in [2.24, 2.45) is 0 Å². The Labute approximate surface area is 182 Å². The Morgan fingerprint density at radius 3 is 2.48 bits per heavy atom. The lowest BCUT2D eigenvalue weighted by Gasteiger charge is -2.35. The molecule has 0 unspecified atom stereocenters. The van der Waals surface area contributed by atoms with Crippen molar-refractivity contribution in [1.82, 2.24) is 20.0 Å². The van der Waals surface area contributed by atoms with Crippen LogP contribution in [0.15, 0.2) is 54.7 Å². The molecule has 0 saturated carbocycles. The molecule has 2 heterocycles. The first-order valence-corrected chi connectivity index (χ1v) is 10.7. The molecular formula is C24H28FN5O. The van der Waals surface area contributed by atoms with E-state index in [4.69, 9.17) is 0 Å². The standard InChI is InChI=1S/C24H28FN5O/c1-3-22-21(17-27-30(22)20-10-8-19(25)9-11-20)24(31)26-16-18-6-4-5-7-23(18)29-14-12-28(2)13-15-29/h4-11,17H,3,12-16H2,1-2H3,(H,26,31). The minimum absolute atomic E-state index is 0.154. The third-order valence-electron chi connectivity index (χ3n) is 5.79. The van der Waals surface area contributed by atoms with Gasteiger partial charge in [0.15, 0.2) is 0 Å². The van der Waals surface area contributed by atoms with Gasteiger partial charge in [-0.2, -0.15) is 5.10 Å². The summed E-state index contributed by atoms with van der Waals surface area (Å²) in [5.41, 5.74) is 4.36. The van der Waals surface area contributed by atoms with Gasteiger partial charge in [-0.15, -0.1) is 0 Å². The van der Waals surface area contributed by atoms with Crippen LogP contribution in [0.1, 0.15) is 28.5 Å². The summed E-state index contributed by atoms with van der Waals surface area (Å²) in [6.45, 7) is 6.45. The molecule has 162 valence electrons. The zero-order valence-electron chi connectivity index (χ0n) is 18.0. The molecule has 0 aliphatic carbocycles. The maximum atomic E-state index is 13.3. The summed E-state index contributed by atoms with van der Waals surface area (Å²) < 4.78 is 15.0. The Morgan fingerprint density at radius 2 is 1.77 bits per heavy atom. The second kappa shape index (κ2) is 9.31.